The summed E-state index contributed by atoms with van der Waals surface area (Å²) >= 11 is 0. The van der Waals surface area contributed by atoms with Crippen LogP contribution in [-0.2, 0) is 21.6 Å². The lowest BCUT2D eigenvalue weighted by Crippen LogP contribution is -2.62. The van der Waals surface area contributed by atoms with E-state index in [1.165, 1.54) is 17.5 Å². The Labute approximate surface area is 196 Å². The van der Waals surface area contributed by atoms with Crippen molar-refractivity contribution >= 4 is 6.03 Å². The summed E-state index contributed by atoms with van der Waals surface area (Å²) < 4.78 is 11.4. The molecule has 0 aromatic heterocycles. The van der Waals surface area contributed by atoms with Crippen LogP contribution in [0.5, 0.6) is 0 Å². The molecule has 3 aliphatic heterocycles. The van der Waals surface area contributed by atoms with Crippen molar-refractivity contribution in [3.63, 3.8) is 0 Å². The predicted octanol–water partition coefficient (Wildman–Crippen LogP) is 3.93. The number of amides is 2. The highest BCUT2D eigenvalue weighted by Gasteiger charge is 2.45. The Morgan fingerprint density at radius 2 is 1.88 bits per heavy atom. The fraction of sp³-hybridized carbons (Fsp3) is 0.519. The molecule has 0 radical (unpaired) electrons. The number of carbonyl (C=O) groups is 1. The molecule has 6 heteroatoms. The standard InChI is InChI=1S/C27H35N3O3/c1-32-19-27(33-2,22-11-4-3-5-12-22)28-26(31)30-15-8-10-21-18-29-16-14-20-9-6-7-13-23(20)25(29)17-24(21)30/h3-7,9,11-13,21,24-25H,8,10,14-19H2,1-2H3,(H,28,31)/t21-,24+,25+,27+/m1/s1. The van der Waals surface area contributed by atoms with Crippen molar-refractivity contribution in [2.24, 2.45) is 5.92 Å². The Hall–Kier alpha value is -2.41. The van der Waals surface area contributed by atoms with Gasteiger partial charge in [-0.15, -0.1) is 0 Å². The number of ether oxygens (including phenoxy) is 2. The van der Waals surface area contributed by atoms with Gasteiger partial charge in [0.05, 0.1) is 6.61 Å². The molecule has 3 heterocycles. The van der Waals surface area contributed by atoms with Gasteiger partial charge in [0.15, 0.2) is 5.72 Å². The van der Waals surface area contributed by atoms with Crippen LogP contribution in [0.2, 0.25) is 0 Å². The molecule has 1 N–H and O–H groups in total. The van der Waals surface area contributed by atoms with E-state index >= 15 is 0 Å². The SMILES string of the molecule is COC[C@](NC(=O)N1CCC[C@@H]2CN3CCc4ccccc4[C@@H]3C[C@@H]21)(OC)c1ccccc1. The van der Waals surface area contributed by atoms with Crippen LogP contribution in [0.25, 0.3) is 0 Å². The average Bonchev–Trinajstić information content (AvgIpc) is 2.87. The number of nitrogens with zero attached hydrogens (tertiary/aromatic N) is 2. The van der Waals surface area contributed by atoms with Gasteiger partial charge in [-0.3, -0.25) is 4.90 Å². The number of fused-ring (bicyclic) bond motifs is 4. The van der Waals surface area contributed by atoms with E-state index < -0.39 is 5.72 Å². The number of methoxy groups -OCH3 is 2. The number of hydrogen-bond acceptors (Lipinski definition) is 4. The number of carbonyl (C=O) groups excluding carboxylic acids is 1. The van der Waals surface area contributed by atoms with Crippen molar-refractivity contribution in [3.8, 4) is 0 Å². The molecule has 176 valence electrons. The van der Waals surface area contributed by atoms with E-state index in [-0.39, 0.29) is 18.7 Å². The number of nitrogens with one attached hydrogen (secondary N) is 1. The van der Waals surface area contributed by atoms with Gasteiger partial charge in [-0.25, -0.2) is 4.79 Å². The van der Waals surface area contributed by atoms with Gasteiger partial charge < -0.3 is 19.7 Å². The van der Waals surface area contributed by atoms with Crippen molar-refractivity contribution < 1.29 is 14.3 Å². The molecule has 2 aromatic rings. The summed E-state index contributed by atoms with van der Waals surface area (Å²) in [4.78, 5) is 18.5. The Morgan fingerprint density at radius 1 is 1.09 bits per heavy atom. The van der Waals surface area contributed by atoms with Crippen LogP contribution in [0.15, 0.2) is 54.6 Å². The van der Waals surface area contributed by atoms with Crippen LogP contribution < -0.4 is 5.32 Å². The summed E-state index contributed by atoms with van der Waals surface area (Å²) in [5.41, 5.74) is 2.78. The fourth-order valence-corrected chi connectivity index (χ4v) is 6.22. The first-order valence-electron chi connectivity index (χ1n) is 12.2. The lowest BCUT2D eigenvalue weighted by molar-refractivity contribution is -0.0897. The topological polar surface area (TPSA) is 54.0 Å². The number of benzene rings is 2. The molecular formula is C27H35N3O3. The minimum atomic E-state index is -1.02. The first kappa shape index (κ1) is 22.4. The number of rotatable bonds is 5. The molecule has 0 saturated carbocycles. The third kappa shape index (κ3) is 4.16. The molecule has 5 rings (SSSR count). The number of piperidine rings is 2. The van der Waals surface area contributed by atoms with Gasteiger partial charge in [0.25, 0.3) is 0 Å². The molecule has 4 atom stereocenters. The minimum absolute atomic E-state index is 0.0648. The van der Waals surface area contributed by atoms with Crippen molar-refractivity contribution in [3.05, 3.63) is 71.3 Å². The van der Waals surface area contributed by atoms with Gasteiger partial charge in [0.2, 0.25) is 0 Å². The van der Waals surface area contributed by atoms with Crippen molar-refractivity contribution in [1.82, 2.24) is 15.1 Å². The normalized spacial score (nSPS) is 26.5. The summed E-state index contributed by atoms with van der Waals surface area (Å²) in [7, 11) is 3.26. The molecule has 6 nitrogen and oxygen atoms in total. The number of likely N-dealkylation sites (tertiary alicyclic amines) is 1. The van der Waals surface area contributed by atoms with Crippen LogP contribution in [0.4, 0.5) is 4.79 Å². The van der Waals surface area contributed by atoms with Crippen LogP contribution in [-0.4, -0.2) is 62.3 Å². The highest BCUT2D eigenvalue weighted by molar-refractivity contribution is 5.76. The van der Waals surface area contributed by atoms with E-state index in [0.29, 0.717) is 12.0 Å². The van der Waals surface area contributed by atoms with Crippen LogP contribution in [0.1, 0.15) is 42.0 Å². The van der Waals surface area contributed by atoms with E-state index in [2.05, 4.69) is 39.4 Å². The summed E-state index contributed by atoms with van der Waals surface area (Å²) in [6, 6.07) is 19.2. The Bertz CT molecular complexity index is 968. The minimum Gasteiger partial charge on any atom is -0.379 e. The largest absolute Gasteiger partial charge is 0.379 e. The van der Waals surface area contributed by atoms with Crippen LogP contribution in [0.3, 0.4) is 0 Å². The molecule has 0 bridgehead atoms. The second-order valence-corrected chi connectivity index (χ2v) is 9.62. The molecule has 2 aromatic carbocycles. The Kier molecular flexibility index (Phi) is 6.41. The molecule has 2 amide bonds. The second kappa shape index (κ2) is 9.45. The second-order valence-electron chi connectivity index (χ2n) is 9.62. The van der Waals surface area contributed by atoms with E-state index in [1.54, 1.807) is 14.2 Å². The first-order valence-corrected chi connectivity index (χ1v) is 12.2. The van der Waals surface area contributed by atoms with Crippen LogP contribution in [0, 0.1) is 5.92 Å². The summed E-state index contributed by atoms with van der Waals surface area (Å²) in [5, 5.41) is 3.22. The Morgan fingerprint density at radius 3 is 2.67 bits per heavy atom. The van der Waals surface area contributed by atoms with Gasteiger partial charge >= 0.3 is 6.03 Å². The van der Waals surface area contributed by atoms with Gasteiger partial charge in [-0.2, -0.15) is 0 Å². The number of urea groups is 1. The maximum atomic E-state index is 13.7. The molecule has 0 aliphatic carbocycles. The van der Waals surface area contributed by atoms with Gasteiger partial charge in [-0.1, -0.05) is 54.6 Å². The van der Waals surface area contributed by atoms with Gasteiger partial charge in [0.1, 0.15) is 0 Å². The maximum Gasteiger partial charge on any atom is 0.320 e. The average molecular weight is 450 g/mol. The van der Waals surface area contributed by atoms with Crippen LogP contribution >= 0.6 is 0 Å². The molecule has 33 heavy (non-hydrogen) atoms. The van der Waals surface area contributed by atoms with Gasteiger partial charge in [0, 0.05) is 51.5 Å². The molecular weight excluding hydrogens is 414 g/mol. The monoisotopic (exact) mass is 449 g/mol. The molecule has 0 unspecified atom stereocenters. The van der Waals surface area contributed by atoms with E-state index in [9.17, 15) is 4.79 Å². The highest BCUT2D eigenvalue weighted by atomic mass is 16.5. The van der Waals surface area contributed by atoms with E-state index in [0.717, 1.165) is 44.5 Å². The lowest BCUT2D eigenvalue weighted by Gasteiger charge is -2.52. The zero-order chi connectivity index (χ0) is 22.8. The summed E-state index contributed by atoms with van der Waals surface area (Å²) in [5.74, 6) is 0.516. The smallest absolute Gasteiger partial charge is 0.320 e. The third-order valence-corrected chi connectivity index (χ3v) is 7.88. The van der Waals surface area contributed by atoms with Crippen molar-refractivity contribution in [1.29, 1.82) is 0 Å². The van der Waals surface area contributed by atoms with Crippen molar-refractivity contribution in [2.75, 3.05) is 40.5 Å². The van der Waals surface area contributed by atoms with Gasteiger partial charge in [-0.05, 0) is 42.7 Å². The van der Waals surface area contributed by atoms with Crippen molar-refractivity contribution in [2.45, 2.75) is 43.5 Å². The zero-order valence-electron chi connectivity index (χ0n) is 19.7. The maximum absolute atomic E-state index is 13.7. The summed E-state index contributed by atoms with van der Waals surface area (Å²) in [6.45, 7) is 3.21. The lowest BCUT2D eigenvalue weighted by atomic mass is 9.77. The first-order chi connectivity index (χ1) is 16.1. The quantitative estimate of drug-likeness (QED) is 0.703. The predicted molar refractivity (Wildman–Crippen MR) is 128 cm³/mol. The summed E-state index contributed by atoms with van der Waals surface area (Å²) in [6.07, 6.45) is 4.34. The Balaban J connectivity index is 1.39. The third-order valence-electron chi connectivity index (χ3n) is 7.88. The molecule has 0 spiro atoms. The fourth-order valence-electron chi connectivity index (χ4n) is 6.22. The molecule has 3 aliphatic rings. The number of hydrogen-bond donors (Lipinski definition) is 1. The van der Waals surface area contributed by atoms with E-state index in [4.69, 9.17) is 9.47 Å². The molecule has 2 saturated heterocycles. The molecule has 2 fully saturated rings. The highest BCUT2D eigenvalue weighted by Crippen LogP contribution is 2.43. The zero-order valence-corrected chi connectivity index (χ0v) is 19.7. The van der Waals surface area contributed by atoms with E-state index in [1.807, 2.05) is 30.3 Å².